The Morgan fingerprint density at radius 1 is 1.09 bits per heavy atom. The third kappa shape index (κ3) is 7.94. The molecule has 5 rings (SSSR count). The lowest BCUT2D eigenvalue weighted by atomic mass is 10.0. The van der Waals surface area contributed by atoms with Gasteiger partial charge in [-0.05, 0) is 54.8 Å². The highest BCUT2D eigenvalue weighted by Gasteiger charge is 2.54. The number of amides is 2. The summed E-state index contributed by atoms with van der Waals surface area (Å²) in [5.74, 6) is -1.06. The Balaban J connectivity index is 0.000000354. The monoisotopic (exact) mass is 654 g/mol. The van der Waals surface area contributed by atoms with Gasteiger partial charge in [-0.2, -0.15) is 8.42 Å². The molecule has 0 bridgehead atoms. The Hall–Kier alpha value is -4.57. The summed E-state index contributed by atoms with van der Waals surface area (Å²) in [4.78, 5) is 49.8. The molecule has 0 unspecified atom stereocenters. The fourth-order valence-corrected chi connectivity index (χ4v) is 6.23. The van der Waals surface area contributed by atoms with Gasteiger partial charge in [0.2, 0.25) is 5.91 Å². The van der Waals surface area contributed by atoms with E-state index in [4.69, 9.17) is 15.0 Å². The van der Waals surface area contributed by atoms with Crippen LogP contribution in [0.3, 0.4) is 0 Å². The van der Waals surface area contributed by atoms with Crippen LogP contribution in [0.15, 0.2) is 95.0 Å². The molecule has 1 fully saturated rings. The van der Waals surface area contributed by atoms with E-state index in [0.717, 1.165) is 5.56 Å². The number of rotatable bonds is 8. The number of carbonyl (C=O) groups is 3. The second kappa shape index (κ2) is 14.0. The molecule has 4 N–H and O–H groups in total. The van der Waals surface area contributed by atoms with Crippen LogP contribution in [0, 0.1) is 17.0 Å². The largest absolute Gasteiger partial charge is 0.456 e. The van der Waals surface area contributed by atoms with Crippen LogP contribution in [-0.2, 0) is 35.8 Å². The van der Waals surface area contributed by atoms with Crippen molar-refractivity contribution in [3.63, 3.8) is 0 Å². The predicted octanol–water partition coefficient (Wildman–Crippen LogP) is 3.25. The van der Waals surface area contributed by atoms with Crippen LogP contribution in [0.2, 0.25) is 0 Å². The predicted molar refractivity (Wildman–Crippen MR) is 165 cm³/mol. The van der Waals surface area contributed by atoms with Gasteiger partial charge < -0.3 is 15.8 Å². The number of nitrogens with zero attached hydrogens (tertiary/aromatic N) is 2. The average molecular weight is 655 g/mol. The molecular formula is C30H30N4O9S2. The summed E-state index contributed by atoms with van der Waals surface area (Å²) in [6.07, 6.45) is 0. The molecule has 0 radical (unpaired) electrons. The number of esters is 1. The van der Waals surface area contributed by atoms with Crippen LogP contribution in [0.4, 0.5) is 5.69 Å². The number of β-lactam (4-membered cyclic amide) rings is 1. The van der Waals surface area contributed by atoms with Crippen LogP contribution in [0.5, 0.6) is 0 Å². The minimum atomic E-state index is -4.02. The van der Waals surface area contributed by atoms with Gasteiger partial charge in [0.05, 0.1) is 9.82 Å². The minimum Gasteiger partial charge on any atom is -0.456 e. The number of benzene rings is 3. The number of thioether (sulfide) groups is 1. The van der Waals surface area contributed by atoms with Gasteiger partial charge in [0.25, 0.3) is 21.7 Å². The molecule has 2 amide bonds. The summed E-state index contributed by atoms with van der Waals surface area (Å²) in [5, 5.41) is 13.0. The summed E-state index contributed by atoms with van der Waals surface area (Å²) in [5.41, 5.74) is 8.98. The van der Waals surface area contributed by atoms with Gasteiger partial charge in [0, 0.05) is 17.9 Å². The van der Waals surface area contributed by atoms with Crippen molar-refractivity contribution in [2.45, 2.75) is 42.8 Å². The van der Waals surface area contributed by atoms with E-state index < -0.39 is 50.3 Å². The maximum atomic E-state index is 12.9. The van der Waals surface area contributed by atoms with E-state index in [1.807, 2.05) is 13.0 Å². The van der Waals surface area contributed by atoms with Crippen LogP contribution in [0.25, 0.3) is 0 Å². The lowest BCUT2D eigenvalue weighted by Gasteiger charge is -2.49. The van der Waals surface area contributed by atoms with Gasteiger partial charge in [-0.15, -0.1) is 11.8 Å². The van der Waals surface area contributed by atoms with Crippen molar-refractivity contribution in [2.75, 3.05) is 5.75 Å². The fourth-order valence-electron chi connectivity index (χ4n) is 4.46. The molecule has 2 aliphatic rings. The van der Waals surface area contributed by atoms with Crippen LogP contribution < -0.4 is 11.1 Å². The minimum absolute atomic E-state index is 0.0629. The molecule has 0 aromatic heterocycles. The smallest absolute Gasteiger partial charge is 0.355 e. The molecule has 3 atom stereocenters. The quantitative estimate of drug-likeness (QED) is 0.106. The lowest BCUT2D eigenvalue weighted by molar-refractivity contribution is -0.384. The van der Waals surface area contributed by atoms with Crippen molar-refractivity contribution in [1.82, 2.24) is 10.2 Å². The Morgan fingerprint density at radius 2 is 1.71 bits per heavy atom. The van der Waals surface area contributed by atoms with Crippen LogP contribution >= 0.6 is 11.8 Å². The molecule has 0 saturated carbocycles. The van der Waals surface area contributed by atoms with E-state index in [2.05, 4.69) is 5.32 Å². The zero-order valence-electron chi connectivity index (χ0n) is 24.2. The van der Waals surface area contributed by atoms with Crippen molar-refractivity contribution in [3.8, 4) is 0 Å². The van der Waals surface area contributed by atoms with Crippen molar-refractivity contribution in [2.24, 2.45) is 5.73 Å². The van der Waals surface area contributed by atoms with Gasteiger partial charge >= 0.3 is 5.97 Å². The summed E-state index contributed by atoms with van der Waals surface area (Å²) >= 11 is 1.44. The van der Waals surface area contributed by atoms with E-state index in [9.17, 15) is 32.9 Å². The van der Waals surface area contributed by atoms with Crippen molar-refractivity contribution < 1.29 is 37.0 Å². The lowest BCUT2D eigenvalue weighted by Crippen LogP contribution is -2.71. The average Bonchev–Trinajstić information content (AvgIpc) is 3.02. The van der Waals surface area contributed by atoms with Gasteiger partial charge in [0.1, 0.15) is 29.8 Å². The molecule has 0 aliphatic carbocycles. The zero-order valence-corrected chi connectivity index (χ0v) is 25.8. The Bertz CT molecular complexity index is 1730. The molecular weight excluding hydrogens is 624 g/mol. The van der Waals surface area contributed by atoms with Gasteiger partial charge in [0.15, 0.2) is 0 Å². The highest BCUT2D eigenvalue weighted by Crippen LogP contribution is 2.40. The van der Waals surface area contributed by atoms with Crippen molar-refractivity contribution in [3.05, 3.63) is 117 Å². The molecule has 2 aliphatic heterocycles. The molecule has 1 saturated heterocycles. The fraction of sp³-hybridized carbons (Fsp3) is 0.233. The van der Waals surface area contributed by atoms with E-state index in [1.54, 1.807) is 43.3 Å². The molecule has 0 spiro atoms. The maximum Gasteiger partial charge on any atom is 0.355 e. The number of nitrogens with two attached hydrogens (primary N) is 1. The van der Waals surface area contributed by atoms with E-state index >= 15 is 0 Å². The summed E-state index contributed by atoms with van der Waals surface area (Å²) in [6, 6.07) is 18.8. The highest BCUT2D eigenvalue weighted by atomic mass is 32.2. The number of carbonyl (C=O) groups excluding carboxylic acids is 3. The normalized spacial score (nSPS) is 18.0. The van der Waals surface area contributed by atoms with Crippen LogP contribution in [0.1, 0.15) is 29.7 Å². The highest BCUT2D eigenvalue weighted by molar-refractivity contribution is 8.00. The number of ether oxygens (including phenoxy) is 1. The third-order valence-electron chi connectivity index (χ3n) is 6.93. The number of nitro groups is 1. The Kier molecular flexibility index (Phi) is 10.4. The van der Waals surface area contributed by atoms with E-state index in [1.165, 1.54) is 53.1 Å². The second-order valence-corrected chi connectivity index (χ2v) is 12.7. The maximum absolute atomic E-state index is 12.9. The number of nitrogens with one attached hydrogen (secondary N) is 1. The summed E-state index contributed by atoms with van der Waals surface area (Å²) in [6.45, 7) is 3.49. The number of nitro benzene ring substituents is 1. The number of fused-ring (bicyclic) bond motifs is 1. The van der Waals surface area contributed by atoms with Crippen molar-refractivity contribution in [1.29, 1.82) is 0 Å². The molecule has 3 aromatic rings. The first-order valence-electron chi connectivity index (χ1n) is 13.5. The number of aryl methyl sites for hydroxylation is 1. The summed E-state index contributed by atoms with van der Waals surface area (Å²) < 4.78 is 34.9. The molecule has 2 heterocycles. The first-order valence-corrected chi connectivity index (χ1v) is 16.0. The first kappa shape index (κ1) is 33.3. The molecule has 13 nitrogen and oxygen atoms in total. The Labute approximate surface area is 263 Å². The van der Waals surface area contributed by atoms with Crippen LogP contribution in [-0.4, -0.2) is 57.7 Å². The zero-order chi connectivity index (χ0) is 32.9. The third-order valence-corrected chi connectivity index (χ3v) is 9.22. The number of non-ortho nitro benzene ring substituents is 1. The number of hydrogen-bond donors (Lipinski definition) is 3. The molecule has 3 aromatic carbocycles. The number of hydrogen-bond acceptors (Lipinski definition) is 10. The molecule has 45 heavy (non-hydrogen) atoms. The van der Waals surface area contributed by atoms with E-state index in [0.29, 0.717) is 22.5 Å². The van der Waals surface area contributed by atoms with Crippen molar-refractivity contribution >= 4 is 45.4 Å². The summed E-state index contributed by atoms with van der Waals surface area (Å²) in [7, 11) is -4.02. The molecule has 236 valence electrons. The SMILES string of the molecule is CC1=C(C(=O)OCc2ccc([N+](=O)[O-])cc2)N2C(=O)[C@@H](NC(=O)[C@H](N)c3ccccc3)[C@H]2SC1.Cc1ccc(S(=O)(=O)O)cc1. The Morgan fingerprint density at radius 3 is 2.29 bits per heavy atom. The molecule has 15 heteroatoms. The van der Waals surface area contributed by atoms with Gasteiger partial charge in [-0.3, -0.25) is 29.2 Å². The first-order chi connectivity index (χ1) is 21.3. The van der Waals surface area contributed by atoms with Gasteiger partial charge in [-0.1, -0.05) is 48.0 Å². The van der Waals surface area contributed by atoms with Gasteiger partial charge in [-0.25, -0.2) is 4.79 Å². The van der Waals surface area contributed by atoms with E-state index in [-0.39, 0.29) is 22.9 Å². The second-order valence-electron chi connectivity index (χ2n) is 10.2. The standard InChI is InChI=1S/C23H22N4O6S.C7H8O3S/c1-13-12-34-22-18(25-20(28)17(24)15-5-3-2-4-6-15)21(29)26(22)19(13)23(30)33-11-14-7-9-16(10-8-14)27(31)32;1-6-2-4-7(5-3-6)11(8,9)10/h2-10,17-18,22H,11-12,24H2,1H3,(H,25,28);2-5H,1H3,(H,8,9,10)/t17-,18-,22-;/m1./s1. The topological polar surface area (TPSA) is 199 Å².